The third-order valence-electron chi connectivity index (χ3n) is 3.20. The Hall–Kier alpha value is -0.540. The molecular weight excluding hydrogens is 218 g/mol. The molecule has 0 atom stereocenters. The van der Waals surface area contributed by atoms with E-state index in [4.69, 9.17) is 5.11 Å². The van der Waals surface area contributed by atoms with Gasteiger partial charge < -0.3 is 5.11 Å². The van der Waals surface area contributed by atoms with E-state index in [0.29, 0.717) is 0 Å². The Labute approximate surface area is 101 Å². The molecule has 1 fully saturated rings. The number of aliphatic hydroxyl groups is 1. The number of aryl methyl sites for hydroxylation is 1. The van der Waals surface area contributed by atoms with E-state index in [1.165, 1.54) is 32.1 Å². The largest absolute Gasteiger partial charge is 0.392 e. The monoisotopic (exact) mass is 237 g/mol. The van der Waals surface area contributed by atoms with Crippen molar-refractivity contribution in [3.8, 4) is 0 Å². The minimum absolute atomic E-state index is 0.0905. The van der Waals surface area contributed by atoms with Crippen molar-refractivity contribution in [1.29, 1.82) is 0 Å². The number of hydrogen-bond acceptors (Lipinski definition) is 3. The Kier molecular flexibility index (Phi) is 4.24. The van der Waals surface area contributed by atoms with E-state index in [2.05, 4.69) is 11.1 Å². The van der Waals surface area contributed by atoms with E-state index in [9.17, 15) is 0 Å². The number of thioether (sulfide) groups is 1. The summed E-state index contributed by atoms with van der Waals surface area (Å²) < 4.78 is 0. The summed E-state index contributed by atoms with van der Waals surface area (Å²) in [5.74, 6) is 0. The van der Waals surface area contributed by atoms with Crippen LogP contribution in [0.1, 0.15) is 43.2 Å². The van der Waals surface area contributed by atoms with Crippen LogP contribution in [-0.4, -0.2) is 15.3 Å². The summed E-state index contributed by atoms with van der Waals surface area (Å²) >= 11 is 1.91. The van der Waals surface area contributed by atoms with Gasteiger partial charge in [-0.2, -0.15) is 0 Å². The molecule has 0 aromatic carbocycles. The molecule has 1 aliphatic rings. The maximum absolute atomic E-state index is 9.08. The van der Waals surface area contributed by atoms with Crippen molar-refractivity contribution in [3.63, 3.8) is 0 Å². The van der Waals surface area contributed by atoms with Gasteiger partial charge in [0.2, 0.25) is 0 Å². The molecule has 1 saturated carbocycles. The van der Waals surface area contributed by atoms with Crippen LogP contribution in [0.2, 0.25) is 0 Å². The van der Waals surface area contributed by atoms with Crippen LogP contribution in [0.3, 0.4) is 0 Å². The SMILES string of the molecule is Cc1cc(SC2CCCCC2)ncc1CO. The van der Waals surface area contributed by atoms with Gasteiger partial charge in [0.05, 0.1) is 11.6 Å². The number of hydrogen-bond donors (Lipinski definition) is 1. The minimum Gasteiger partial charge on any atom is -0.392 e. The Morgan fingerprint density at radius 1 is 1.38 bits per heavy atom. The molecule has 1 aliphatic carbocycles. The molecule has 16 heavy (non-hydrogen) atoms. The zero-order valence-corrected chi connectivity index (χ0v) is 10.6. The van der Waals surface area contributed by atoms with Gasteiger partial charge in [-0.05, 0) is 37.0 Å². The number of nitrogens with zero attached hydrogens (tertiary/aromatic N) is 1. The molecule has 0 amide bonds. The van der Waals surface area contributed by atoms with Gasteiger partial charge in [-0.1, -0.05) is 19.3 Å². The molecule has 0 saturated heterocycles. The number of rotatable bonds is 3. The second kappa shape index (κ2) is 5.69. The minimum atomic E-state index is 0.0905. The topological polar surface area (TPSA) is 33.1 Å². The van der Waals surface area contributed by atoms with Crippen molar-refractivity contribution in [2.75, 3.05) is 0 Å². The van der Waals surface area contributed by atoms with Gasteiger partial charge in [0.1, 0.15) is 0 Å². The van der Waals surface area contributed by atoms with Gasteiger partial charge in [-0.25, -0.2) is 4.98 Å². The Balaban J connectivity index is 2.01. The average Bonchev–Trinajstić information content (AvgIpc) is 2.31. The van der Waals surface area contributed by atoms with Crippen LogP contribution >= 0.6 is 11.8 Å². The number of aliphatic hydroxyl groups excluding tert-OH is 1. The standard InChI is InChI=1S/C13H19NOS/c1-10-7-13(14-8-11(10)9-15)16-12-5-3-2-4-6-12/h7-8,12,15H,2-6,9H2,1H3. The Morgan fingerprint density at radius 3 is 2.75 bits per heavy atom. The molecule has 0 radical (unpaired) electrons. The maximum atomic E-state index is 9.08. The normalized spacial score (nSPS) is 17.6. The van der Waals surface area contributed by atoms with E-state index < -0.39 is 0 Å². The Bertz CT molecular complexity index is 348. The van der Waals surface area contributed by atoms with E-state index >= 15 is 0 Å². The van der Waals surface area contributed by atoms with Crippen molar-refractivity contribution >= 4 is 11.8 Å². The molecule has 1 heterocycles. The highest BCUT2D eigenvalue weighted by Gasteiger charge is 2.15. The molecule has 1 N–H and O–H groups in total. The molecule has 2 nitrogen and oxygen atoms in total. The van der Waals surface area contributed by atoms with E-state index in [-0.39, 0.29) is 6.61 Å². The highest BCUT2D eigenvalue weighted by atomic mass is 32.2. The summed E-state index contributed by atoms with van der Waals surface area (Å²) in [4.78, 5) is 4.41. The second-order valence-electron chi connectivity index (χ2n) is 4.49. The van der Waals surface area contributed by atoms with Gasteiger partial charge in [-0.15, -0.1) is 11.8 Å². The van der Waals surface area contributed by atoms with Crippen LogP contribution in [0.4, 0.5) is 0 Å². The lowest BCUT2D eigenvalue weighted by molar-refractivity contribution is 0.280. The molecule has 0 bridgehead atoms. The van der Waals surface area contributed by atoms with E-state index in [1.807, 2.05) is 18.7 Å². The summed E-state index contributed by atoms with van der Waals surface area (Å²) in [6.45, 7) is 2.13. The lowest BCUT2D eigenvalue weighted by Crippen LogP contribution is -2.08. The third-order valence-corrected chi connectivity index (χ3v) is 4.47. The lowest BCUT2D eigenvalue weighted by atomic mass is 10.0. The molecule has 0 spiro atoms. The van der Waals surface area contributed by atoms with Gasteiger partial charge in [-0.3, -0.25) is 0 Å². The van der Waals surface area contributed by atoms with Crippen LogP contribution in [0.25, 0.3) is 0 Å². The fourth-order valence-corrected chi connectivity index (χ4v) is 3.41. The summed E-state index contributed by atoms with van der Waals surface area (Å²) in [7, 11) is 0. The number of pyridine rings is 1. The second-order valence-corrected chi connectivity index (χ2v) is 5.81. The van der Waals surface area contributed by atoms with Crippen molar-refractivity contribution in [3.05, 3.63) is 23.4 Å². The fraction of sp³-hybridized carbons (Fsp3) is 0.615. The molecule has 88 valence electrons. The third kappa shape index (κ3) is 2.98. The van der Waals surface area contributed by atoms with Crippen LogP contribution in [0.5, 0.6) is 0 Å². The average molecular weight is 237 g/mol. The van der Waals surface area contributed by atoms with E-state index in [1.54, 1.807) is 6.20 Å². The van der Waals surface area contributed by atoms with Gasteiger partial charge in [0, 0.05) is 11.4 Å². The quantitative estimate of drug-likeness (QED) is 0.875. The molecule has 3 heteroatoms. The first-order valence-corrected chi connectivity index (χ1v) is 6.90. The molecule has 0 unspecified atom stereocenters. The van der Waals surface area contributed by atoms with Crippen molar-refractivity contribution in [1.82, 2.24) is 4.98 Å². The summed E-state index contributed by atoms with van der Waals surface area (Å²) in [5.41, 5.74) is 2.09. The zero-order valence-electron chi connectivity index (χ0n) is 9.78. The van der Waals surface area contributed by atoms with Gasteiger partial charge in [0.15, 0.2) is 0 Å². The smallest absolute Gasteiger partial charge is 0.0965 e. The molecule has 0 aliphatic heterocycles. The predicted octanol–water partition coefficient (Wildman–Crippen LogP) is 3.31. The van der Waals surface area contributed by atoms with Crippen LogP contribution in [0.15, 0.2) is 17.3 Å². The maximum Gasteiger partial charge on any atom is 0.0965 e. The summed E-state index contributed by atoms with van der Waals surface area (Å²) in [5, 5.41) is 10.9. The van der Waals surface area contributed by atoms with Crippen molar-refractivity contribution < 1.29 is 5.11 Å². The summed E-state index contributed by atoms with van der Waals surface area (Å²) in [6, 6.07) is 2.10. The first kappa shape index (κ1) is 11.9. The van der Waals surface area contributed by atoms with Crippen LogP contribution in [-0.2, 0) is 6.61 Å². The van der Waals surface area contributed by atoms with Crippen molar-refractivity contribution in [2.24, 2.45) is 0 Å². The molecular formula is C13H19NOS. The van der Waals surface area contributed by atoms with E-state index in [0.717, 1.165) is 21.4 Å². The van der Waals surface area contributed by atoms with Gasteiger partial charge in [0.25, 0.3) is 0 Å². The molecule has 2 rings (SSSR count). The highest BCUT2D eigenvalue weighted by Crippen LogP contribution is 2.32. The summed E-state index contributed by atoms with van der Waals surface area (Å²) in [6.07, 6.45) is 8.59. The van der Waals surface area contributed by atoms with Crippen LogP contribution < -0.4 is 0 Å². The number of aromatic nitrogens is 1. The molecule has 1 aromatic heterocycles. The predicted molar refractivity (Wildman–Crippen MR) is 67.6 cm³/mol. The first-order valence-electron chi connectivity index (χ1n) is 6.02. The molecule has 1 aromatic rings. The van der Waals surface area contributed by atoms with Crippen LogP contribution in [0, 0.1) is 6.92 Å². The zero-order chi connectivity index (χ0) is 11.4. The van der Waals surface area contributed by atoms with Gasteiger partial charge >= 0.3 is 0 Å². The first-order chi connectivity index (χ1) is 7.79. The fourth-order valence-electron chi connectivity index (χ4n) is 2.14. The lowest BCUT2D eigenvalue weighted by Gasteiger charge is -2.20. The Morgan fingerprint density at radius 2 is 2.12 bits per heavy atom. The highest BCUT2D eigenvalue weighted by molar-refractivity contribution is 7.99. The van der Waals surface area contributed by atoms with Crippen molar-refractivity contribution in [2.45, 2.75) is 55.9 Å².